The van der Waals surface area contributed by atoms with E-state index in [1.54, 1.807) is 47.1 Å². The van der Waals surface area contributed by atoms with Gasteiger partial charge in [0, 0.05) is 68.2 Å². The van der Waals surface area contributed by atoms with Crippen LogP contribution in [0, 0.1) is 0 Å². The first-order valence-corrected chi connectivity index (χ1v) is 28.0. The van der Waals surface area contributed by atoms with Crippen LogP contribution in [0.25, 0.3) is 0 Å². The van der Waals surface area contributed by atoms with E-state index in [9.17, 15) is 59.5 Å². The number of unbranched alkanes of at least 4 members (excludes halogenated alkanes) is 2. The Balaban J connectivity index is 1.08. The standard InChI is InChI=1S/C53H60N6O16S2/c1-6-27-57-41-22-21-38(77(70,71)72)32-39(41)53(4,33-35-17-19-36(20-18-35)51(66)75-59-46(62)25-26-47(59)63)43(57)15-10-7-9-14-42-52(2,3)40-31-37(34-56(49(40)54-42)28-13-30-76(67,68)69)50(65)55(5)73-29-12-8-11-16-48(64)74-58-44(60)23-24-45(58)61/h7,9-10,14-15,17-22,31-32,34H,6,8,11-13,16,23-30,33H2,1-5H3,(H-,67,68,69,70,71,72). The maximum Gasteiger partial charge on any atom is 0.363 e. The minimum absolute atomic E-state index is 0.00601. The number of pyridine rings is 1. The first-order chi connectivity index (χ1) is 36.3. The van der Waals surface area contributed by atoms with Gasteiger partial charge in [0.25, 0.3) is 39.7 Å². The number of anilines is 1. The molecule has 1 atom stereocenters. The molecule has 24 heteroatoms. The number of nitrogens with zero attached hydrogens (tertiary/aromatic N) is 6. The molecule has 22 nitrogen and oxygen atoms in total. The van der Waals surface area contributed by atoms with E-state index in [1.165, 1.54) is 37.5 Å². The maximum atomic E-state index is 13.8. The topological polar surface area (TPSA) is 288 Å². The fourth-order valence-electron chi connectivity index (χ4n) is 9.52. The lowest BCUT2D eigenvalue weighted by Crippen LogP contribution is -2.39. The molecule has 77 heavy (non-hydrogen) atoms. The largest absolute Gasteiger partial charge is 0.748 e. The third-order valence-electron chi connectivity index (χ3n) is 13.6. The summed E-state index contributed by atoms with van der Waals surface area (Å²) < 4.78 is 71.4. The molecule has 7 rings (SSSR count). The minimum Gasteiger partial charge on any atom is -0.748 e. The predicted octanol–water partition coefficient (Wildman–Crippen LogP) is 5.34. The summed E-state index contributed by atoms with van der Waals surface area (Å²) in [5.74, 6) is -4.64. The number of rotatable bonds is 23. The second-order valence-corrected chi connectivity index (χ2v) is 22.6. The fraction of sp³-hybridized carbons (Fsp3) is 0.415. The molecule has 0 aliphatic carbocycles. The minimum atomic E-state index is -4.59. The van der Waals surface area contributed by atoms with Crippen molar-refractivity contribution in [1.29, 1.82) is 0 Å². The fourth-order valence-corrected chi connectivity index (χ4v) is 10.5. The summed E-state index contributed by atoms with van der Waals surface area (Å²) in [5.41, 5.74) is 2.77. The lowest BCUT2D eigenvalue weighted by Gasteiger charge is -2.30. The van der Waals surface area contributed by atoms with Crippen LogP contribution >= 0.6 is 0 Å². The molecule has 4 aliphatic rings. The quantitative estimate of drug-likeness (QED) is 0.0313. The number of imide groups is 2. The molecule has 2 aromatic carbocycles. The molecular weight excluding hydrogens is 1040 g/mol. The van der Waals surface area contributed by atoms with Gasteiger partial charge in [0.2, 0.25) is 0 Å². The van der Waals surface area contributed by atoms with Crippen molar-refractivity contribution in [3.63, 3.8) is 0 Å². The third-order valence-corrected chi connectivity index (χ3v) is 15.2. The molecule has 1 aromatic heterocycles. The van der Waals surface area contributed by atoms with Crippen molar-refractivity contribution in [2.45, 2.75) is 121 Å². The zero-order valence-electron chi connectivity index (χ0n) is 43.3. The molecule has 0 bridgehead atoms. The van der Waals surface area contributed by atoms with Gasteiger partial charge < -0.3 is 19.1 Å². The number of hydrogen-bond acceptors (Lipinski definition) is 17. The van der Waals surface area contributed by atoms with E-state index in [1.807, 2.05) is 39.8 Å². The number of aliphatic imine (C=N–C) groups is 1. The molecule has 0 radical (unpaired) electrons. The first kappa shape index (κ1) is 57.5. The Bertz CT molecular complexity index is 3210. The van der Waals surface area contributed by atoms with Gasteiger partial charge >= 0.3 is 17.8 Å². The normalized spacial score (nSPS) is 18.8. The lowest BCUT2D eigenvalue weighted by atomic mass is 9.76. The summed E-state index contributed by atoms with van der Waals surface area (Å²) in [6.07, 6.45) is 12.8. The van der Waals surface area contributed by atoms with Crippen LogP contribution in [-0.4, -0.2) is 114 Å². The van der Waals surface area contributed by atoms with Crippen molar-refractivity contribution in [3.05, 3.63) is 119 Å². The van der Waals surface area contributed by atoms with Gasteiger partial charge in [-0.25, -0.2) is 27.6 Å². The Kier molecular flexibility index (Phi) is 17.6. The Morgan fingerprint density at radius 3 is 2.09 bits per heavy atom. The van der Waals surface area contributed by atoms with Crippen molar-refractivity contribution in [3.8, 4) is 0 Å². The number of benzene rings is 2. The molecule has 3 aromatic rings. The second-order valence-electron chi connectivity index (χ2n) is 19.7. The number of carbonyl (C=O) groups is 7. The molecule has 5 amide bonds. The highest BCUT2D eigenvalue weighted by molar-refractivity contribution is 7.86. The Morgan fingerprint density at radius 1 is 0.818 bits per heavy atom. The van der Waals surface area contributed by atoms with E-state index in [-0.39, 0.29) is 67.7 Å². The monoisotopic (exact) mass is 1100 g/mol. The van der Waals surface area contributed by atoms with Gasteiger partial charge in [-0.1, -0.05) is 43.7 Å². The number of carbonyl (C=O) groups excluding carboxylic acids is 7. The van der Waals surface area contributed by atoms with Gasteiger partial charge in [-0.3, -0.25) is 33.4 Å². The molecule has 410 valence electrons. The van der Waals surface area contributed by atoms with E-state index in [0.29, 0.717) is 71.4 Å². The summed E-state index contributed by atoms with van der Waals surface area (Å²) in [4.78, 5) is 109. The van der Waals surface area contributed by atoms with Gasteiger partial charge in [0.05, 0.1) is 50.3 Å². The number of hydrogen-bond donors (Lipinski definition) is 1. The van der Waals surface area contributed by atoms with Crippen LogP contribution in [0.3, 0.4) is 0 Å². The Morgan fingerprint density at radius 2 is 1.47 bits per heavy atom. The molecule has 0 saturated carbocycles. The van der Waals surface area contributed by atoms with Gasteiger partial charge in [-0.2, -0.15) is 8.42 Å². The van der Waals surface area contributed by atoms with Gasteiger partial charge in [-0.05, 0) is 118 Å². The summed E-state index contributed by atoms with van der Waals surface area (Å²) >= 11 is 0. The average Bonchev–Trinajstić information content (AvgIpc) is 4.15. The summed E-state index contributed by atoms with van der Waals surface area (Å²) in [6, 6.07) is 12.6. The SMILES string of the molecule is CCCN1/C(=C/C=C/C=C/C2=Nc3c(cc(C(=O)N(C)OCCCCCC(=O)ON4C(=O)CCC4=O)c[n+]3CCCS(=O)(=O)[O-])C2(C)C)C(C)(Cc2ccc(C(=O)ON3C(=O)CCC3=O)cc2)c2cc(S(=O)(=O)O)ccc21. The lowest BCUT2D eigenvalue weighted by molar-refractivity contribution is -0.684. The van der Waals surface area contributed by atoms with Crippen molar-refractivity contribution >= 4 is 78.9 Å². The summed E-state index contributed by atoms with van der Waals surface area (Å²) in [7, 11) is -7.69. The predicted molar refractivity (Wildman–Crippen MR) is 274 cm³/mol. The van der Waals surface area contributed by atoms with Crippen molar-refractivity contribution < 1.29 is 78.6 Å². The highest BCUT2D eigenvalue weighted by Gasteiger charge is 2.45. The van der Waals surface area contributed by atoms with Crippen LogP contribution in [0.15, 0.2) is 101 Å². The summed E-state index contributed by atoms with van der Waals surface area (Å²) in [6.45, 7) is 8.50. The summed E-state index contributed by atoms with van der Waals surface area (Å²) in [5, 5.41) is 2.04. The van der Waals surface area contributed by atoms with Crippen LogP contribution in [0.1, 0.15) is 129 Å². The van der Waals surface area contributed by atoms with E-state index < -0.39 is 78.3 Å². The zero-order valence-corrected chi connectivity index (χ0v) is 44.9. The third kappa shape index (κ3) is 13.3. The van der Waals surface area contributed by atoms with E-state index >= 15 is 0 Å². The van der Waals surface area contributed by atoms with Crippen LogP contribution in [0.2, 0.25) is 0 Å². The molecule has 5 heterocycles. The molecule has 4 aliphatic heterocycles. The first-order valence-electron chi connectivity index (χ1n) is 25.0. The maximum absolute atomic E-state index is 13.8. The van der Waals surface area contributed by atoms with Crippen molar-refractivity contribution in [2.75, 3.05) is 30.9 Å². The van der Waals surface area contributed by atoms with Gasteiger partial charge in [0.1, 0.15) is 6.20 Å². The van der Waals surface area contributed by atoms with Gasteiger partial charge in [-0.15, -0.1) is 10.1 Å². The molecule has 1 N–H and O–H groups in total. The number of hydroxylamine groups is 6. The number of fused-ring (bicyclic) bond motifs is 2. The number of aromatic nitrogens is 1. The number of amides is 5. The van der Waals surface area contributed by atoms with Crippen LogP contribution in [0.5, 0.6) is 0 Å². The smallest absolute Gasteiger partial charge is 0.363 e. The average molecular weight is 1100 g/mol. The zero-order chi connectivity index (χ0) is 56.0. The molecule has 2 saturated heterocycles. The van der Waals surface area contributed by atoms with Crippen molar-refractivity contribution in [1.82, 2.24) is 15.2 Å². The molecular formula is C53H60N6O16S2. The van der Waals surface area contributed by atoms with Crippen molar-refractivity contribution in [2.24, 2.45) is 4.99 Å². The van der Waals surface area contributed by atoms with Crippen LogP contribution in [0.4, 0.5) is 11.5 Å². The second kappa shape index (κ2) is 23.6. The van der Waals surface area contributed by atoms with Crippen LogP contribution < -0.4 is 9.47 Å². The molecule has 1 unspecified atom stereocenters. The number of aryl methyl sites for hydroxylation is 1. The Labute approximate surface area is 446 Å². The van der Waals surface area contributed by atoms with Crippen LogP contribution in [-0.2, 0) is 82.5 Å². The molecule has 0 spiro atoms. The Hall–Kier alpha value is -7.25. The highest BCUT2D eigenvalue weighted by Crippen LogP contribution is 2.50. The van der Waals surface area contributed by atoms with E-state index in [0.717, 1.165) is 22.0 Å². The van der Waals surface area contributed by atoms with E-state index in [2.05, 4.69) is 4.90 Å². The molecule has 2 fully saturated rings. The van der Waals surface area contributed by atoms with E-state index in [4.69, 9.17) is 19.5 Å². The highest BCUT2D eigenvalue weighted by atomic mass is 32.2. The van der Waals surface area contributed by atoms with Gasteiger partial charge in [0.15, 0.2) is 5.71 Å². The number of allylic oxidation sites excluding steroid dienone is 6.